The van der Waals surface area contributed by atoms with Crippen molar-refractivity contribution in [3.63, 3.8) is 0 Å². The summed E-state index contributed by atoms with van der Waals surface area (Å²) < 4.78 is 0. The third-order valence-corrected chi connectivity index (χ3v) is 5.62. The van der Waals surface area contributed by atoms with E-state index in [2.05, 4.69) is 22.8 Å². The number of amides is 2. The SMILES string of the molecule is Cc1ccccc1C(=O)N/C(=C\c1cccs1)C(=O)N[C@@H](C)CCc1ccccc1. The van der Waals surface area contributed by atoms with Crippen LogP contribution in [0.4, 0.5) is 0 Å². The summed E-state index contributed by atoms with van der Waals surface area (Å²) in [7, 11) is 0. The molecule has 1 aromatic heterocycles. The minimum Gasteiger partial charge on any atom is -0.348 e. The van der Waals surface area contributed by atoms with Crippen molar-refractivity contribution in [3.8, 4) is 0 Å². The number of aryl methyl sites for hydroxylation is 2. The smallest absolute Gasteiger partial charge is 0.268 e. The molecule has 154 valence electrons. The van der Waals surface area contributed by atoms with Crippen LogP contribution in [0.3, 0.4) is 0 Å². The number of rotatable bonds is 8. The van der Waals surface area contributed by atoms with Gasteiger partial charge in [0, 0.05) is 16.5 Å². The highest BCUT2D eigenvalue weighted by atomic mass is 32.1. The molecule has 5 heteroatoms. The molecule has 30 heavy (non-hydrogen) atoms. The molecule has 0 saturated carbocycles. The summed E-state index contributed by atoms with van der Waals surface area (Å²) in [6, 6.07) is 21.3. The lowest BCUT2D eigenvalue weighted by Gasteiger charge is -2.16. The van der Waals surface area contributed by atoms with Crippen LogP contribution in [0, 0.1) is 6.92 Å². The molecule has 0 aliphatic rings. The Labute approximate surface area is 181 Å². The Morgan fingerprint density at radius 1 is 1.00 bits per heavy atom. The van der Waals surface area contributed by atoms with E-state index < -0.39 is 0 Å². The molecule has 0 fully saturated rings. The maximum absolute atomic E-state index is 13.0. The van der Waals surface area contributed by atoms with Crippen molar-refractivity contribution in [2.24, 2.45) is 0 Å². The molecule has 3 aromatic rings. The van der Waals surface area contributed by atoms with Gasteiger partial charge in [-0.1, -0.05) is 54.6 Å². The highest BCUT2D eigenvalue weighted by Crippen LogP contribution is 2.14. The van der Waals surface area contributed by atoms with E-state index in [9.17, 15) is 9.59 Å². The Bertz CT molecular complexity index is 1010. The predicted molar refractivity (Wildman–Crippen MR) is 123 cm³/mol. The molecule has 2 amide bonds. The van der Waals surface area contributed by atoms with Crippen molar-refractivity contribution >= 4 is 29.2 Å². The number of carbonyl (C=O) groups is 2. The van der Waals surface area contributed by atoms with Crippen molar-refractivity contribution in [3.05, 3.63) is 99.4 Å². The number of thiophene rings is 1. The minimum absolute atomic E-state index is 0.0280. The second kappa shape index (κ2) is 10.6. The van der Waals surface area contributed by atoms with Crippen LogP contribution in [-0.2, 0) is 11.2 Å². The van der Waals surface area contributed by atoms with Gasteiger partial charge in [-0.25, -0.2) is 0 Å². The fraction of sp³-hybridized carbons (Fsp3) is 0.200. The van der Waals surface area contributed by atoms with Crippen molar-refractivity contribution in [1.29, 1.82) is 0 Å². The molecule has 2 N–H and O–H groups in total. The topological polar surface area (TPSA) is 58.2 Å². The van der Waals surface area contributed by atoms with Gasteiger partial charge < -0.3 is 10.6 Å². The van der Waals surface area contributed by atoms with Crippen LogP contribution in [0.2, 0.25) is 0 Å². The van der Waals surface area contributed by atoms with Crippen LogP contribution in [0.25, 0.3) is 6.08 Å². The zero-order valence-corrected chi connectivity index (χ0v) is 18.0. The zero-order chi connectivity index (χ0) is 21.3. The Kier molecular flexibility index (Phi) is 7.57. The van der Waals surface area contributed by atoms with E-state index in [-0.39, 0.29) is 23.6 Å². The molecule has 0 radical (unpaired) electrons. The van der Waals surface area contributed by atoms with Gasteiger partial charge in [0.05, 0.1) is 0 Å². The fourth-order valence-electron chi connectivity index (χ4n) is 3.09. The molecule has 0 aliphatic carbocycles. The molecule has 0 spiro atoms. The van der Waals surface area contributed by atoms with Gasteiger partial charge in [0.25, 0.3) is 11.8 Å². The number of benzene rings is 2. The zero-order valence-electron chi connectivity index (χ0n) is 17.2. The lowest BCUT2D eigenvalue weighted by Crippen LogP contribution is -2.39. The van der Waals surface area contributed by atoms with E-state index >= 15 is 0 Å². The molecule has 1 atom stereocenters. The van der Waals surface area contributed by atoms with Gasteiger partial charge in [0.15, 0.2) is 0 Å². The second-order valence-electron chi connectivity index (χ2n) is 7.24. The summed E-state index contributed by atoms with van der Waals surface area (Å²) in [6.07, 6.45) is 3.41. The third-order valence-electron chi connectivity index (χ3n) is 4.80. The maximum atomic E-state index is 13.0. The van der Waals surface area contributed by atoms with Gasteiger partial charge in [-0.3, -0.25) is 9.59 Å². The van der Waals surface area contributed by atoms with E-state index in [1.54, 1.807) is 12.1 Å². The molecular formula is C25H26N2O2S. The Balaban J connectivity index is 1.69. The minimum atomic E-state index is -0.289. The van der Waals surface area contributed by atoms with E-state index in [1.807, 2.05) is 67.8 Å². The highest BCUT2D eigenvalue weighted by Gasteiger charge is 2.17. The van der Waals surface area contributed by atoms with Crippen LogP contribution >= 0.6 is 11.3 Å². The Morgan fingerprint density at radius 3 is 2.43 bits per heavy atom. The Hall–Kier alpha value is -3.18. The first kappa shape index (κ1) is 21.5. The largest absolute Gasteiger partial charge is 0.348 e. The number of carbonyl (C=O) groups excluding carboxylic acids is 2. The average molecular weight is 419 g/mol. The van der Waals surface area contributed by atoms with Gasteiger partial charge in [0.2, 0.25) is 0 Å². The third kappa shape index (κ3) is 6.16. The average Bonchev–Trinajstić information content (AvgIpc) is 3.26. The van der Waals surface area contributed by atoms with E-state index in [0.717, 1.165) is 23.3 Å². The van der Waals surface area contributed by atoms with Gasteiger partial charge >= 0.3 is 0 Å². The van der Waals surface area contributed by atoms with Crippen LogP contribution in [0.15, 0.2) is 77.8 Å². The van der Waals surface area contributed by atoms with E-state index in [0.29, 0.717) is 5.56 Å². The normalized spacial score (nSPS) is 12.3. The Morgan fingerprint density at radius 2 is 1.73 bits per heavy atom. The first-order chi connectivity index (χ1) is 14.5. The molecule has 4 nitrogen and oxygen atoms in total. The van der Waals surface area contributed by atoms with Crippen molar-refractivity contribution in [1.82, 2.24) is 10.6 Å². The second-order valence-corrected chi connectivity index (χ2v) is 8.22. The summed E-state index contributed by atoms with van der Waals surface area (Å²) in [4.78, 5) is 26.6. The lowest BCUT2D eigenvalue weighted by atomic mass is 10.1. The van der Waals surface area contributed by atoms with Gasteiger partial charge in [-0.2, -0.15) is 0 Å². The van der Waals surface area contributed by atoms with E-state index in [4.69, 9.17) is 0 Å². The van der Waals surface area contributed by atoms with Crippen LogP contribution in [0.1, 0.15) is 39.7 Å². The maximum Gasteiger partial charge on any atom is 0.268 e. The van der Waals surface area contributed by atoms with Gasteiger partial charge in [0.1, 0.15) is 5.70 Å². The molecule has 1 heterocycles. The molecular weight excluding hydrogens is 392 g/mol. The summed E-state index contributed by atoms with van der Waals surface area (Å²) in [5.74, 6) is -0.575. The molecule has 0 aliphatic heterocycles. The molecule has 0 bridgehead atoms. The first-order valence-corrected chi connectivity index (χ1v) is 10.9. The van der Waals surface area contributed by atoms with Crippen molar-refractivity contribution < 1.29 is 9.59 Å². The summed E-state index contributed by atoms with van der Waals surface area (Å²) in [5.41, 5.74) is 2.90. The number of nitrogens with one attached hydrogen (secondary N) is 2. The standard InChI is InChI=1S/C25H26N2O2S/c1-18-9-6-7-13-22(18)24(28)27-23(17-21-12-8-16-30-21)25(29)26-19(2)14-15-20-10-4-3-5-11-20/h3-13,16-17,19H,14-15H2,1-2H3,(H,26,29)(H,27,28)/b23-17-/t19-/m0/s1. The highest BCUT2D eigenvalue weighted by molar-refractivity contribution is 7.10. The van der Waals surface area contributed by atoms with E-state index in [1.165, 1.54) is 16.9 Å². The van der Waals surface area contributed by atoms with Crippen LogP contribution in [0.5, 0.6) is 0 Å². The predicted octanol–water partition coefficient (Wildman–Crippen LogP) is 4.96. The monoisotopic (exact) mass is 418 g/mol. The first-order valence-electron chi connectivity index (χ1n) is 10.00. The summed E-state index contributed by atoms with van der Waals surface area (Å²) in [5, 5.41) is 7.76. The van der Waals surface area contributed by atoms with Crippen LogP contribution in [-0.4, -0.2) is 17.9 Å². The lowest BCUT2D eigenvalue weighted by molar-refractivity contribution is -0.118. The van der Waals surface area contributed by atoms with Crippen molar-refractivity contribution in [2.75, 3.05) is 0 Å². The summed E-state index contributed by atoms with van der Waals surface area (Å²) >= 11 is 1.51. The summed E-state index contributed by atoms with van der Waals surface area (Å²) in [6.45, 7) is 3.86. The van der Waals surface area contributed by atoms with Gasteiger partial charge in [-0.05, 0) is 61.4 Å². The molecule has 3 rings (SSSR count). The number of hydrogen-bond donors (Lipinski definition) is 2. The quantitative estimate of drug-likeness (QED) is 0.508. The number of hydrogen-bond acceptors (Lipinski definition) is 3. The van der Waals surface area contributed by atoms with Crippen molar-refractivity contribution in [2.45, 2.75) is 32.7 Å². The molecule has 0 unspecified atom stereocenters. The molecule has 2 aromatic carbocycles. The fourth-order valence-corrected chi connectivity index (χ4v) is 3.75. The van der Waals surface area contributed by atoms with Gasteiger partial charge in [-0.15, -0.1) is 11.3 Å². The van der Waals surface area contributed by atoms with Crippen LogP contribution < -0.4 is 10.6 Å². The molecule has 0 saturated heterocycles.